The molecular formula is C27H35ClN2O3. The number of piperazine rings is 1. The molecule has 178 valence electrons. The van der Waals surface area contributed by atoms with Crippen molar-refractivity contribution in [2.24, 2.45) is 5.92 Å². The van der Waals surface area contributed by atoms with Crippen LogP contribution in [0, 0.1) is 5.92 Å². The Kier molecular flexibility index (Phi) is 8.65. The number of methoxy groups -OCH3 is 1. The highest BCUT2D eigenvalue weighted by Gasteiger charge is 2.29. The Hall–Kier alpha value is -2.08. The Morgan fingerprint density at radius 2 is 1.79 bits per heavy atom. The lowest BCUT2D eigenvalue weighted by Crippen LogP contribution is -2.51. The molecule has 0 radical (unpaired) electrons. The van der Waals surface area contributed by atoms with Gasteiger partial charge in [0.15, 0.2) is 0 Å². The van der Waals surface area contributed by atoms with Crippen molar-refractivity contribution in [3.05, 3.63) is 64.7 Å². The minimum atomic E-state index is -0.0975. The Morgan fingerprint density at radius 3 is 2.52 bits per heavy atom. The largest absolute Gasteiger partial charge is 0.497 e. The monoisotopic (exact) mass is 470 g/mol. The smallest absolute Gasteiger partial charge is 0.225 e. The third kappa shape index (κ3) is 6.72. The number of nitrogens with zero attached hydrogens (tertiary/aromatic N) is 2. The lowest BCUT2D eigenvalue weighted by molar-refractivity contribution is -0.138. The summed E-state index contributed by atoms with van der Waals surface area (Å²) in [6.07, 6.45) is 5.70. The Bertz CT molecular complexity index is 908. The van der Waals surface area contributed by atoms with Crippen LogP contribution in [0.2, 0.25) is 5.02 Å². The van der Waals surface area contributed by atoms with Crippen molar-refractivity contribution in [3.8, 4) is 5.75 Å². The maximum Gasteiger partial charge on any atom is 0.225 e. The molecule has 1 saturated carbocycles. The number of amides is 1. The van der Waals surface area contributed by atoms with Gasteiger partial charge in [-0.3, -0.25) is 9.69 Å². The summed E-state index contributed by atoms with van der Waals surface area (Å²) in [6, 6.07) is 15.9. The number of benzene rings is 2. The molecule has 0 aromatic heterocycles. The Balaban J connectivity index is 1.38. The van der Waals surface area contributed by atoms with E-state index in [0.29, 0.717) is 17.5 Å². The zero-order valence-electron chi connectivity index (χ0n) is 19.5. The van der Waals surface area contributed by atoms with E-state index >= 15 is 0 Å². The van der Waals surface area contributed by atoms with Crippen molar-refractivity contribution in [2.75, 3.05) is 39.8 Å². The van der Waals surface area contributed by atoms with Crippen molar-refractivity contribution < 1.29 is 14.3 Å². The summed E-state index contributed by atoms with van der Waals surface area (Å²) in [4.78, 5) is 17.4. The molecule has 2 fully saturated rings. The van der Waals surface area contributed by atoms with Crippen molar-refractivity contribution in [2.45, 2.75) is 44.8 Å². The molecule has 2 aliphatic rings. The molecule has 1 aliphatic carbocycles. The highest BCUT2D eigenvalue weighted by molar-refractivity contribution is 6.30. The zero-order valence-corrected chi connectivity index (χ0v) is 20.3. The molecule has 33 heavy (non-hydrogen) atoms. The van der Waals surface area contributed by atoms with E-state index in [-0.39, 0.29) is 12.0 Å². The van der Waals surface area contributed by atoms with Gasteiger partial charge in [-0.2, -0.15) is 0 Å². The van der Waals surface area contributed by atoms with E-state index in [2.05, 4.69) is 15.9 Å². The first-order valence-corrected chi connectivity index (χ1v) is 12.5. The van der Waals surface area contributed by atoms with Crippen molar-refractivity contribution >= 4 is 17.5 Å². The van der Waals surface area contributed by atoms with Crippen LogP contribution in [0.15, 0.2) is 48.5 Å². The van der Waals surface area contributed by atoms with Crippen LogP contribution in [0.3, 0.4) is 0 Å². The molecule has 5 nitrogen and oxygen atoms in total. The van der Waals surface area contributed by atoms with E-state index in [1.807, 2.05) is 42.5 Å². The maximum atomic E-state index is 12.9. The fraction of sp³-hybridized carbons (Fsp3) is 0.519. The standard InChI is InChI=1S/C27H35ClN2O3/c1-32-25-12-6-10-23(18-25)26(33-20-21-7-5-11-24(28)17-21)19-29-13-15-30(16-14-29)27(31)22-8-3-2-4-9-22/h5-7,10-12,17-18,22,26H,2-4,8-9,13-16,19-20H2,1H3/t26-/m1/s1. The third-order valence-corrected chi connectivity index (χ3v) is 7.10. The number of hydrogen-bond acceptors (Lipinski definition) is 4. The fourth-order valence-corrected chi connectivity index (χ4v) is 5.13. The average Bonchev–Trinajstić information content (AvgIpc) is 2.87. The molecule has 0 unspecified atom stereocenters. The number of carbonyl (C=O) groups is 1. The number of rotatable bonds is 8. The second-order valence-electron chi connectivity index (χ2n) is 9.17. The van der Waals surface area contributed by atoms with Crippen molar-refractivity contribution in [1.29, 1.82) is 0 Å². The highest BCUT2D eigenvalue weighted by atomic mass is 35.5. The zero-order chi connectivity index (χ0) is 23.0. The van der Waals surface area contributed by atoms with Gasteiger partial charge in [-0.1, -0.05) is 55.1 Å². The molecule has 1 aliphatic heterocycles. The van der Waals surface area contributed by atoms with Crippen LogP contribution < -0.4 is 4.74 Å². The number of ether oxygens (including phenoxy) is 2. The normalized spacial score (nSPS) is 18.8. The van der Waals surface area contributed by atoms with Crippen LogP contribution in [-0.2, 0) is 16.1 Å². The van der Waals surface area contributed by atoms with Crippen LogP contribution >= 0.6 is 11.6 Å². The molecule has 0 bridgehead atoms. The van der Waals surface area contributed by atoms with Gasteiger partial charge in [0.05, 0.1) is 19.8 Å². The topological polar surface area (TPSA) is 42.0 Å². The number of hydrogen-bond donors (Lipinski definition) is 0. The van der Waals surface area contributed by atoms with Gasteiger partial charge in [-0.05, 0) is 48.2 Å². The van der Waals surface area contributed by atoms with Gasteiger partial charge in [-0.15, -0.1) is 0 Å². The molecule has 2 aromatic rings. The molecule has 1 saturated heterocycles. The lowest BCUT2D eigenvalue weighted by atomic mass is 9.88. The second-order valence-corrected chi connectivity index (χ2v) is 9.60. The summed E-state index contributed by atoms with van der Waals surface area (Å²) in [5, 5.41) is 0.716. The quantitative estimate of drug-likeness (QED) is 0.522. The maximum absolute atomic E-state index is 12.9. The molecule has 4 rings (SSSR count). The molecular weight excluding hydrogens is 436 g/mol. The minimum Gasteiger partial charge on any atom is -0.497 e. The first-order chi connectivity index (χ1) is 16.1. The lowest BCUT2D eigenvalue weighted by Gasteiger charge is -2.38. The number of halogens is 1. The van der Waals surface area contributed by atoms with E-state index in [9.17, 15) is 4.79 Å². The molecule has 0 N–H and O–H groups in total. The highest BCUT2D eigenvalue weighted by Crippen LogP contribution is 2.27. The van der Waals surface area contributed by atoms with Crippen LogP contribution in [0.4, 0.5) is 0 Å². The molecule has 0 spiro atoms. The minimum absolute atomic E-state index is 0.0975. The molecule has 1 amide bonds. The summed E-state index contributed by atoms with van der Waals surface area (Å²) in [6.45, 7) is 4.61. The van der Waals surface area contributed by atoms with E-state index in [0.717, 1.165) is 62.4 Å². The summed E-state index contributed by atoms with van der Waals surface area (Å²) in [5.41, 5.74) is 2.15. The SMILES string of the molecule is COc1cccc([C@@H](CN2CCN(C(=O)C3CCCCC3)CC2)OCc2cccc(Cl)c2)c1. The van der Waals surface area contributed by atoms with Crippen LogP contribution in [-0.4, -0.2) is 55.5 Å². The van der Waals surface area contributed by atoms with E-state index in [1.165, 1.54) is 19.3 Å². The Labute approximate surface area is 202 Å². The van der Waals surface area contributed by atoms with Gasteiger partial charge < -0.3 is 14.4 Å². The van der Waals surface area contributed by atoms with Crippen LogP contribution in [0.25, 0.3) is 0 Å². The molecule has 1 atom stereocenters. The predicted molar refractivity (Wildman–Crippen MR) is 132 cm³/mol. The summed E-state index contributed by atoms with van der Waals surface area (Å²) < 4.78 is 11.8. The molecule has 1 heterocycles. The Morgan fingerprint density at radius 1 is 1.03 bits per heavy atom. The second kappa shape index (κ2) is 11.9. The van der Waals surface area contributed by atoms with Gasteiger partial charge in [0.1, 0.15) is 5.75 Å². The first-order valence-electron chi connectivity index (χ1n) is 12.1. The van der Waals surface area contributed by atoms with Gasteiger partial charge in [0.2, 0.25) is 5.91 Å². The van der Waals surface area contributed by atoms with Gasteiger partial charge in [0, 0.05) is 43.7 Å². The summed E-state index contributed by atoms with van der Waals surface area (Å²) in [7, 11) is 1.68. The fourth-order valence-electron chi connectivity index (χ4n) is 4.91. The van der Waals surface area contributed by atoms with Gasteiger partial charge in [-0.25, -0.2) is 0 Å². The third-order valence-electron chi connectivity index (χ3n) is 6.87. The van der Waals surface area contributed by atoms with E-state index in [1.54, 1.807) is 7.11 Å². The van der Waals surface area contributed by atoms with Gasteiger partial charge >= 0.3 is 0 Å². The van der Waals surface area contributed by atoms with Crippen molar-refractivity contribution in [3.63, 3.8) is 0 Å². The molecule has 6 heteroatoms. The van der Waals surface area contributed by atoms with Crippen molar-refractivity contribution in [1.82, 2.24) is 9.80 Å². The van der Waals surface area contributed by atoms with Crippen LogP contribution in [0.5, 0.6) is 5.75 Å². The van der Waals surface area contributed by atoms with Crippen LogP contribution in [0.1, 0.15) is 49.3 Å². The number of carbonyl (C=O) groups excluding carboxylic acids is 1. The predicted octanol–water partition coefficient (Wildman–Crippen LogP) is 5.33. The average molecular weight is 471 g/mol. The van der Waals surface area contributed by atoms with Gasteiger partial charge in [0.25, 0.3) is 0 Å². The molecule has 2 aromatic carbocycles. The van der Waals surface area contributed by atoms with E-state index in [4.69, 9.17) is 21.1 Å². The first kappa shape index (κ1) is 24.1. The summed E-state index contributed by atoms with van der Waals surface area (Å²) >= 11 is 6.16. The summed E-state index contributed by atoms with van der Waals surface area (Å²) in [5.74, 6) is 1.44. The van der Waals surface area contributed by atoms with E-state index < -0.39 is 0 Å².